The summed E-state index contributed by atoms with van der Waals surface area (Å²) < 4.78 is 36.3. The standard InChI is InChI=1S/C15H20N2O6S/c1-10(2)17-24(20,21)13-8-6-5-7-11(13)16-12(15(19)23-4)9-14(18)22-3/h5-10,16-17H,1-4H3/b12-9+. The second-order valence-electron chi connectivity index (χ2n) is 4.97. The minimum absolute atomic E-state index is 0.0710. The van der Waals surface area contributed by atoms with Crippen LogP contribution >= 0.6 is 0 Å². The first-order valence-electron chi connectivity index (χ1n) is 6.97. The first-order valence-corrected chi connectivity index (χ1v) is 8.46. The second-order valence-corrected chi connectivity index (χ2v) is 6.65. The summed E-state index contributed by atoms with van der Waals surface area (Å²) in [6, 6.07) is 5.66. The van der Waals surface area contributed by atoms with Gasteiger partial charge in [-0.2, -0.15) is 0 Å². The van der Waals surface area contributed by atoms with Crippen LogP contribution < -0.4 is 10.0 Å². The van der Waals surface area contributed by atoms with Crippen LogP contribution in [0, 0.1) is 0 Å². The van der Waals surface area contributed by atoms with E-state index in [0.29, 0.717) is 0 Å². The van der Waals surface area contributed by atoms with E-state index in [9.17, 15) is 18.0 Å². The fourth-order valence-corrected chi connectivity index (χ4v) is 3.17. The molecular weight excluding hydrogens is 336 g/mol. The molecule has 0 heterocycles. The Hall–Kier alpha value is -2.39. The monoisotopic (exact) mass is 356 g/mol. The maximum absolute atomic E-state index is 12.4. The van der Waals surface area contributed by atoms with Gasteiger partial charge in [-0.15, -0.1) is 0 Å². The molecule has 0 bridgehead atoms. The molecule has 0 saturated heterocycles. The van der Waals surface area contributed by atoms with Gasteiger partial charge in [0.2, 0.25) is 10.0 Å². The third-order valence-electron chi connectivity index (χ3n) is 2.71. The van der Waals surface area contributed by atoms with Crippen molar-refractivity contribution in [1.29, 1.82) is 0 Å². The number of carbonyl (C=O) groups is 2. The fraction of sp³-hybridized carbons (Fsp3) is 0.333. The van der Waals surface area contributed by atoms with Crippen molar-refractivity contribution in [3.05, 3.63) is 36.0 Å². The highest BCUT2D eigenvalue weighted by atomic mass is 32.2. The summed E-state index contributed by atoms with van der Waals surface area (Å²) in [5.41, 5.74) is -0.136. The van der Waals surface area contributed by atoms with E-state index >= 15 is 0 Å². The molecule has 0 aliphatic rings. The van der Waals surface area contributed by atoms with E-state index in [1.807, 2.05) is 0 Å². The molecule has 0 saturated carbocycles. The first-order chi connectivity index (χ1) is 11.2. The SMILES string of the molecule is COC(=O)/C=C(/Nc1ccccc1S(=O)(=O)NC(C)C)C(=O)OC. The Bertz CT molecular complexity index is 740. The highest BCUT2D eigenvalue weighted by Gasteiger charge is 2.21. The van der Waals surface area contributed by atoms with Crippen molar-refractivity contribution < 1.29 is 27.5 Å². The van der Waals surface area contributed by atoms with Crippen molar-refractivity contribution in [1.82, 2.24) is 4.72 Å². The van der Waals surface area contributed by atoms with Crippen LogP contribution in [0.15, 0.2) is 40.9 Å². The number of nitrogens with one attached hydrogen (secondary N) is 2. The Morgan fingerprint density at radius 1 is 1.12 bits per heavy atom. The minimum atomic E-state index is -3.81. The van der Waals surface area contributed by atoms with Crippen molar-refractivity contribution in [2.24, 2.45) is 0 Å². The number of rotatable bonds is 7. The van der Waals surface area contributed by atoms with Gasteiger partial charge in [-0.05, 0) is 26.0 Å². The Morgan fingerprint density at radius 3 is 2.29 bits per heavy atom. The van der Waals surface area contributed by atoms with E-state index in [0.717, 1.165) is 20.3 Å². The van der Waals surface area contributed by atoms with Crippen molar-refractivity contribution in [2.45, 2.75) is 24.8 Å². The van der Waals surface area contributed by atoms with E-state index in [-0.39, 0.29) is 22.3 Å². The highest BCUT2D eigenvalue weighted by Crippen LogP contribution is 2.22. The van der Waals surface area contributed by atoms with Crippen molar-refractivity contribution >= 4 is 27.6 Å². The van der Waals surface area contributed by atoms with Gasteiger partial charge in [0.15, 0.2) is 0 Å². The topological polar surface area (TPSA) is 111 Å². The molecule has 8 nitrogen and oxygen atoms in total. The van der Waals surface area contributed by atoms with Crippen LogP contribution in [-0.4, -0.2) is 40.6 Å². The zero-order chi connectivity index (χ0) is 18.3. The number of hydrogen-bond donors (Lipinski definition) is 2. The number of para-hydroxylation sites is 1. The van der Waals surface area contributed by atoms with Crippen molar-refractivity contribution in [3.63, 3.8) is 0 Å². The van der Waals surface area contributed by atoms with Gasteiger partial charge in [-0.25, -0.2) is 22.7 Å². The summed E-state index contributed by atoms with van der Waals surface area (Å²) in [6.07, 6.45) is 0.880. The van der Waals surface area contributed by atoms with Gasteiger partial charge in [-0.1, -0.05) is 12.1 Å². The van der Waals surface area contributed by atoms with Crippen LogP contribution in [0.3, 0.4) is 0 Å². The lowest BCUT2D eigenvalue weighted by molar-refractivity contribution is -0.138. The summed E-state index contributed by atoms with van der Waals surface area (Å²) in [7, 11) is -1.52. The molecule has 1 aromatic carbocycles. The van der Waals surface area contributed by atoms with E-state index in [1.54, 1.807) is 26.0 Å². The Kier molecular flexibility index (Phi) is 6.93. The number of anilines is 1. The molecule has 0 unspecified atom stereocenters. The van der Waals surface area contributed by atoms with E-state index in [2.05, 4.69) is 19.5 Å². The van der Waals surface area contributed by atoms with E-state index in [4.69, 9.17) is 0 Å². The molecule has 1 aromatic rings. The van der Waals surface area contributed by atoms with E-state index in [1.165, 1.54) is 12.1 Å². The number of ether oxygens (including phenoxy) is 2. The van der Waals surface area contributed by atoms with Crippen LogP contribution in [-0.2, 0) is 29.1 Å². The van der Waals surface area contributed by atoms with Crippen LogP contribution in [0.5, 0.6) is 0 Å². The van der Waals surface area contributed by atoms with Crippen LogP contribution in [0.25, 0.3) is 0 Å². The summed E-state index contributed by atoms with van der Waals surface area (Å²) in [5, 5.41) is 2.61. The summed E-state index contributed by atoms with van der Waals surface area (Å²) in [6.45, 7) is 3.37. The third kappa shape index (κ3) is 5.36. The predicted octanol–water partition coefficient (Wildman–Crippen LogP) is 1.02. The summed E-state index contributed by atoms with van der Waals surface area (Å²) in [5.74, 6) is -1.63. The average molecular weight is 356 g/mol. The van der Waals surface area contributed by atoms with Gasteiger partial charge in [0.25, 0.3) is 0 Å². The average Bonchev–Trinajstić information content (AvgIpc) is 2.52. The number of esters is 2. The zero-order valence-corrected chi connectivity index (χ0v) is 14.6. The fourth-order valence-electron chi connectivity index (χ4n) is 1.76. The zero-order valence-electron chi connectivity index (χ0n) is 13.8. The number of benzene rings is 1. The molecule has 0 radical (unpaired) electrons. The number of methoxy groups -OCH3 is 2. The molecule has 0 aliphatic heterocycles. The van der Waals surface area contributed by atoms with Gasteiger partial charge in [-0.3, -0.25) is 0 Å². The Morgan fingerprint density at radius 2 is 1.75 bits per heavy atom. The molecule has 2 N–H and O–H groups in total. The van der Waals surface area contributed by atoms with Gasteiger partial charge < -0.3 is 14.8 Å². The quantitative estimate of drug-likeness (QED) is 0.554. The minimum Gasteiger partial charge on any atom is -0.466 e. The summed E-state index contributed by atoms with van der Waals surface area (Å²) >= 11 is 0. The molecular formula is C15H20N2O6S. The molecule has 0 aromatic heterocycles. The predicted molar refractivity (Wildman–Crippen MR) is 87.6 cm³/mol. The molecule has 1 rings (SSSR count). The number of hydrogen-bond acceptors (Lipinski definition) is 7. The Labute approximate surface area is 140 Å². The largest absolute Gasteiger partial charge is 0.466 e. The molecule has 0 fully saturated rings. The van der Waals surface area contributed by atoms with Gasteiger partial charge >= 0.3 is 11.9 Å². The molecule has 9 heteroatoms. The Balaban J connectivity index is 3.29. The molecule has 0 atom stereocenters. The first kappa shape index (κ1) is 19.7. The van der Waals surface area contributed by atoms with Crippen molar-refractivity contribution in [2.75, 3.05) is 19.5 Å². The molecule has 132 valence electrons. The van der Waals surface area contributed by atoms with Gasteiger partial charge in [0, 0.05) is 6.04 Å². The lowest BCUT2D eigenvalue weighted by Crippen LogP contribution is -2.31. The molecule has 24 heavy (non-hydrogen) atoms. The maximum Gasteiger partial charge on any atom is 0.354 e. The van der Waals surface area contributed by atoms with E-state index < -0.39 is 22.0 Å². The second kappa shape index (κ2) is 8.46. The normalized spacial score (nSPS) is 12.0. The smallest absolute Gasteiger partial charge is 0.354 e. The van der Waals surface area contributed by atoms with Crippen molar-refractivity contribution in [3.8, 4) is 0 Å². The lowest BCUT2D eigenvalue weighted by Gasteiger charge is -2.15. The van der Waals surface area contributed by atoms with Gasteiger partial charge in [0.05, 0.1) is 26.0 Å². The number of sulfonamides is 1. The maximum atomic E-state index is 12.4. The molecule has 0 amide bonds. The third-order valence-corrected chi connectivity index (χ3v) is 4.42. The highest BCUT2D eigenvalue weighted by molar-refractivity contribution is 7.89. The van der Waals surface area contributed by atoms with Crippen LogP contribution in [0.2, 0.25) is 0 Å². The van der Waals surface area contributed by atoms with Crippen LogP contribution in [0.1, 0.15) is 13.8 Å². The summed E-state index contributed by atoms with van der Waals surface area (Å²) in [4.78, 5) is 23.1. The van der Waals surface area contributed by atoms with Crippen LogP contribution in [0.4, 0.5) is 5.69 Å². The number of carbonyl (C=O) groups excluding carboxylic acids is 2. The van der Waals surface area contributed by atoms with Gasteiger partial charge in [0.1, 0.15) is 10.6 Å². The lowest BCUT2D eigenvalue weighted by atomic mass is 10.3. The molecule has 0 aliphatic carbocycles. The molecule has 0 spiro atoms.